The maximum atomic E-state index is 4.76. The van der Waals surface area contributed by atoms with Crippen molar-refractivity contribution in [2.24, 2.45) is 0 Å². The smallest absolute Gasteiger partial charge is 0.0967 e. The van der Waals surface area contributed by atoms with Crippen molar-refractivity contribution in [1.29, 1.82) is 0 Å². The van der Waals surface area contributed by atoms with Crippen LogP contribution in [0.2, 0.25) is 0 Å². The summed E-state index contributed by atoms with van der Waals surface area (Å²) < 4.78 is 0. The van der Waals surface area contributed by atoms with Gasteiger partial charge in [-0.25, -0.2) is 0 Å². The minimum Gasteiger partial charge on any atom is -0.109 e. The van der Waals surface area contributed by atoms with Gasteiger partial charge in [0.1, 0.15) is 0 Å². The fourth-order valence-corrected chi connectivity index (χ4v) is 0. The molecule has 3 heteroatoms. The first-order valence-electron chi connectivity index (χ1n) is 0.535. The van der Waals surface area contributed by atoms with Crippen molar-refractivity contribution in [2.75, 3.05) is 5.34 Å². The summed E-state index contributed by atoms with van der Waals surface area (Å²) in [6.45, 7) is 0. The first-order valence-corrected chi connectivity index (χ1v) is 1.60. The minimum absolute atomic E-state index is 0. The van der Waals surface area contributed by atoms with Gasteiger partial charge in [-0.2, -0.15) is 0 Å². The predicted octanol–water partition coefficient (Wildman–Crippen LogP) is 1.04. The topological polar surface area (TPSA) is 0 Å². The maximum absolute atomic E-state index is 4.76. The molecular formula is CH2Cl2Tl. The Morgan fingerprint density at radius 2 is 1.25 bits per heavy atom. The molecule has 0 unspecified atom stereocenters. The van der Waals surface area contributed by atoms with E-state index in [1.54, 1.807) is 0 Å². The van der Waals surface area contributed by atoms with Crippen LogP contribution < -0.4 is 0 Å². The fraction of sp³-hybridized carbons (Fsp3) is 1.00. The quantitative estimate of drug-likeness (QED) is 0.462. The van der Waals surface area contributed by atoms with Gasteiger partial charge in [-0.15, -0.1) is 23.2 Å². The van der Waals surface area contributed by atoms with E-state index in [1.165, 1.54) is 0 Å². The van der Waals surface area contributed by atoms with E-state index in [1.807, 2.05) is 0 Å². The molecule has 0 amide bonds. The molecule has 0 aliphatic rings. The molecule has 0 fully saturated rings. The van der Waals surface area contributed by atoms with Crippen LogP contribution in [0, 0.1) is 0 Å². The molecule has 0 rings (SSSR count). The van der Waals surface area contributed by atoms with Crippen LogP contribution in [0.25, 0.3) is 0 Å². The van der Waals surface area contributed by atoms with Gasteiger partial charge < -0.3 is 0 Å². The van der Waals surface area contributed by atoms with E-state index in [4.69, 9.17) is 23.2 Å². The van der Waals surface area contributed by atoms with E-state index >= 15 is 0 Å². The second-order valence-electron chi connectivity index (χ2n) is 0.101. The van der Waals surface area contributed by atoms with E-state index in [0.29, 0.717) is 0 Å². The van der Waals surface area contributed by atoms with Gasteiger partial charge in [-0.3, -0.25) is 0 Å². The molecule has 0 bridgehead atoms. The summed E-state index contributed by atoms with van der Waals surface area (Å²) in [4.78, 5) is 0. The number of alkyl halides is 2. The van der Waals surface area contributed by atoms with E-state index in [2.05, 4.69) is 0 Å². The van der Waals surface area contributed by atoms with Gasteiger partial charge in [0.2, 0.25) is 0 Å². The molecule has 0 aromatic rings. The molecule has 0 heterocycles. The van der Waals surface area contributed by atoms with Crippen molar-refractivity contribution in [3.05, 3.63) is 0 Å². The van der Waals surface area contributed by atoms with Gasteiger partial charge in [0, 0.05) is 27.3 Å². The van der Waals surface area contributed by atoms with Gasteiger partial charge in [-0.1, -0.05) is 0 Å². The molecule has 4 heavy (non-hydrogen) atoms. The minimum atomic E-state index is 0. The van der Waals surface area contributed by atoms with Crippen LogP contribution in [0.5, 0.6) is 0 Å². The zero-order valence-corrected chi connectivity index (χ0v) is 8.04. The molecule has 0 saturated heterocycles. The summed E-state index contributed by atoms with van der Waals surface area (Å²) in [6, 6.07) is 0. The fourth-order valence-electron chi connectivity index (χ4n) is 0. The molecule has 0 atom stereocenters. The summed E-state index contributed by atoms with van der Waals surface area (Å²) in [5.74, 6) is 0. The van der Waals surface area contributed by atoms with Gasteiger partial charge in [0.25, 0.3) is 0 Å². The monoisotopic (exact) mass is 289 g/mol. The third-order valence-electron chi connectivity index (χ3n) is 0. The normalized spacial score (nSPS) is 4.50. The number of hydrogen-bond donors (Lipinski definition) is 0. The summed E-state index contributed by atoms with van der Waals surface area (Å²) in [6.07, 6.45) is 0. The zero-order chi connectivity index (χ0) is 2.71. The first kappa shape index (κ1) is 9.09. The van der Waals surface area contributed by atoms with Gasteiger partial charge in [-0.05, 0) is 0 Å². The molecule has 23 valence electrons. The van der Waals surface area contributed by atoms with Gasteiger partial charge in [0.15, 0.2) is 0 Å². The molecule has 0 aromatic carbocycles. The van der Waals surface area contributed by atoms with Crippen LogP contribution in [0.3, 0.4) is 0 Å². The summed E-state index contributed by atoms with van der Waals surface area (Å²) in [5, 5.41) is 0.194. The Balaban J connectivity index is 0. The second-order valence-corrected chi connectivity index (χ2v) is 0.909. The maximum Gasteiger partial charge on any atom is 0.0967 e. The van der Waals surface area contributed by atoms with E-state index in [9.17, 15) is 0 Å². The third kappa shape index (κ3) is 9.72. The average molecular weight is 289 g/mol. The molecule has 0 saturated carbocycles. The number of hydrogen-bond acceptors (Lipinski definition) is 0. The third-order valence-corrected chi connectivity index (χ3v) is 0. The van der Waals surface area contributed by atoms with Crippen molar-refractivity contribution in [1.82, 2.24) is 0 Å². The molecule has 0 aliphatic heterocycles. The Morgan fingerprint density at radius 3 is 1.25 bits per heavy atom. The van der Waals surface area contributed by atoms with Crippen LogP contribution in [0.1, 0.15) is 0 Å². The van der Waals surface area contributed by atoms with E-state index in [-0.39, 0.29) is 32.6 Å². The molecule has 0 N–H and O–H groups in total. The molecule has 1 radical (unpaired) electrons. The van der Waals surface area contributed by atoms with Crippen LogP contribution in [0.15, 0.2) is 0 Å². The Kier molecular flexibility index (Phi) is 20.0. The van der Waals surface area contributed by atoms with Crippen molar-refractivity contribution in [3.8, 4) is 0 Å². The molecule has 0 spiro atoms. The standard InChI is InChI=1S/CH2Cl2.Tl/c2-1-3;/h1H2;. The Morgan fingerprint density at radius 1 is 1.25 bits per heavy atom. The molecule has 0 aliphatic carbocycles. The van der Waals surface area contributed by atoms with Crippen molar-refractivity contribution < 1.29 is 0 Å². The van der Waals surface area contributed by atoms with Crippen molar-refractivity contribution in [3.63, 3.8) is 0 Å². The Bertz CT molecular complexity index is 6.00. The number of halogens is 2. The average Bonchev–Trinajstić information content (AvgIpc) is 0.918. The van der Waals surface area contributed by atoms with Crippen LogP contribution >= 0.6 is 23.2 Å². The first-order chi connectivity index (χ1) is 1.41. The van der Waals surface area contributed by atoms with E-state index < -0.39 is 0 Å². The SMILES string of the molecule is ClCCl.[Tl]. The summed E-state index contributed by atoms with van der Waals surface area (Å²) in [7, 11) is 0. The van der Waals surface area contributed by atoms with Crippen LogP contribution in [-0.2, 0) is 0 Å². The summed E-state index contributed by atoms with van der Waals surface area (Å²) in [5.41, 5.74) is 0. The zero-order valence-electron chi connectivity index (χ0n) is 2.04. The van der Waals surface area contributed by atoms with Gasteiger partial charge in [0.05, 0.1) is 5.34 Å². The van der Waals surface area contributed by atoms with Crippen molar-refractivity contribution >= 4 is 50.5 Å². The predicted molar refractivity (Wildman–Crippen MR) is 22.3 cm³/mol. The Labute approximate surface area is 55.6 Å². The van der Waals surface area contributed by atoms with Crippen molar-refractivity contribution in [2.45, 2.75) is 0 Å². The van der Waals surface area contributed by atoms with Crippen LogP contribution in [-0.4, -0.2) is 32.6 Å². The second kappa shape index (κ2) is 8.82. The largest absolute Gasteiger partial charge is 0.109 e. The molecular weight excluding hydrogens is 287 g/mol. The Hall–Kier alpha value is 1.50. The molecule has 0 aromatic heterocycles. The number of rotatable bonds is 0. The summed E-state index contributed by atoms with van der Waals surface area (Å²) >= 11 is 9.53. The van der Waals surface area contributed by atoms with E-state index in [0.717, 1.165) is 0 Å². The van der Waals surface area contributed by atoms with Crippen LogP contribution in [0.4, 0.5) is 0 Å². The van der Waals surface area contributed by atoms with Gasteiger partial charge >= 0.3 is 0 Å². The molecule has 0 nitrogen and oxygen atoms in total.